The normalized spacial score (nSPS) is 15.1. The molecule has 1 aliphatic carbocycles. The summed E-state index contributed by atoms with van der Waals surface area (Å²) in [7, 11) is 0. The molecule has 0 aliphatic heterocycles. The van der Waals surface area contributed by atoms with Crippen molar-refractivity contribution in [3.8, 4) is 0 Å². The van der Waals surface area contributed by atoms with Gasteiger partial charge in [0.2, 0.25) is 11.8 Å². The minimum absolute atomic E-state index is 0.0529. The molecule has 0 radical (unpaired) electrons. The third kappa shape index (κ3) is 4.33. The van der Waals surface area contributed by atoms with Crippen LogP contribution in [0.3, 0.4) is 0 Å². The van der Waals surface area contributed by atoms with Gasteiger partial charge < -0.3 is 10.6 Å². The van der Waals surface area contributed by atoms with Crippen molar-refractivity contribution in [2.24, 2.45) is 5.92 Å². The number of amides is 2. The first-order valence-electron chi connectivity index (χ1n) is 6.98. The van der Waals surface area contributed by atoms with E-state index in [-0.39, 0.29) is 30.0 Å². The summed E-state index contributed by atoms with van der Waals surface area (Å²) in [5, 5.41) is 5.45. The minimum atomic E-state index is -0.341. The van der Waals surface area contributed by atoms with Crippen LogP contribution in [0.4, 0.5) is 10.1 Å². The number of nitrogens with one attached hydrogen (secondary N) is 2. The molecular weight excluding hydrogens is 259 g/mol. The van der Waals surface area contributed by atoms with Crippen LogP contribution >= 0.6 is 0 Å². The molecule has 0 aromatic heterocycles. The number of benzene rings is 1. The maximum Gasteiger partial charge on any atom is 0.226 e. The zero-order chi connectivity index (χ0) is 14.4. The summed E-state index contributed by atoms with van der Waals surface area (Å²) in [4.78, 5) is 23.4. The quantitative estimate of drug-likeness (QED) is 0.869. The number of carbonyl (C=O) groups is 2. The highest BCUT2D eigenvalue weighted by molar-refractivity contribution is 5.91. The maximum absolute atomic E-state index is 12.7. The van der Waals surface area contributed by atoms with Crippen LogP contribution in [-0.4, -0.2) is 18.4 Å². The molecule has 0 spiro atoms. The Labute approximate surface area is 117 Å². The Morgan fingerprint density at radius 1 is 1.15 bits per heavy atom. The topological polar surface area (TPSA) is 58.2 Å². The molecule has 0 atom stereocenters. The lowest BCUT2D eigenvalue weighted by atomic mass is 10.1. The van der Waals surface area contributed by atoms with Crippen molar-refractivity contribution in [2.45, 2.75) is 32.1 Å². The van der Waals surface area contributed by atoms with Gasteiger partial charge in [0.15, 0.2) is 0 Å². The van der Waals surface area contributed by atoms with Crippen LogP contribution in [-0.2, 0) is 9.59 Å². The predicted octanol–water partition coefficient (Wildman–Crippen LogP) is 2.46. The fourth-order valence-corrected chi connectivity index (χ4v) is 2.39. The highest BCUT2D eigenvalue weighted by atomic mass is 19.1. The molecule has 4 nitrogen and oxygen atoms in total. The third-order valence-electron chi connectivity index (χ3n) is 3.51. The van der Waals surface area contributed by atoms with E-state index in [2.05, 4.69) is 10.6 Å². The second-order valence-corrected chi connectivity index (χ2v) is 5.08. The lowest BCUT2D eigenvalue weighted by molar-refractivity contribution is -0.124. The molecule has 1 saturated carbocycles. The van der Waals surface area contributed by atoms with E-state index in [1.807, 2.05) is 0 Å². The summed E-state index contributed by atoms with van der Waals surface area (Å²) in [5.41, 5.74) is 0.554. The first kappa shape index (κ1) is 14.5. The molecule has 2 amide bonds. The average molecular weight is 278 g/mol. The van der Waals surface area contributed by atoms with Crippen molar-refractivity contribution in [2.75, 3.05) is 11.9 Å². The van der Waals surface area contributed by atoms with E-state index >= 15 is 0 Å². The fraction of sp³-hybridized carbons (Fsp3) is 0.467. The number of hydrogen-bond donors (Lipinski definition) is 2. The molecule has 1 aromatic carbocycles. The molecule has 0 bridgehead atoms. The van der Waals surface area contributed by atoms with Crippen molar-refractivity contribution in [3.05, 3.63) is 30.1 Å². The van der Waals surface area contributed by atoms with E-state index in [0.717, 1.165) is 25.7 Å². The van der Waals surface area contributed by atoms with Gasteiger partial charge in [0.05, 0.1) is 0 Å². The summed E-state index contributed by atoms with van der Waals surface area (Å²) < 4.78 is 12.7. The molecule has 20 heavy (non-hydrogen) atoms. The number of halogens is 1. The molecule has 1 aromatic rings. The molecule has 1 aliphatic rings. The van der Waals surface area contributed by atoms with Crippen molar-refractivity contribution in [1.29, 1.82) is 0 Å². The Hall–Kier alpha value is -1.91. The molecule has 108 valence electrons. The highest BCUT2D eigenvalue weighted by Crippen LogP contribution is 2.24. The molecule has 0 heterocycles. The van der Waals surface area contributed by atoms with E-state index in [4.69, 9.17) is 0 Å². The van der Waals surface area contributed by atoms with Gasteiger partial charge in [-0.15, -0.1) is 0 Å². The largest absolute Gasteiger partial charge is 0.355 e. The molecule has 0 unspecified atom stereocenters. The molecule has 0 saturated heterocycles. The van der Waals surface area contributed by atoms with Crippen LogP contribution in [0.2, 0.25) is 0 Å². The van der Waals surface area contributed by atoms with Crippen molar-refractivity contribution in [3.63, 3.8) is 0 Å². The second-order valence-electron chi connectivity index (χ2n) is 5.08. The Bertz CT molecular complexity index is 467. The van der Waals surface area contributed by atoms with Crippen LogP contribution in [0.15, 0.2) is 24.3 Å². The van der Waals surface area contributed by atoms with Crippen molar-refractivity contribution >= 4 is 17.5 Å². The van der Waals surface area contributed by atoms with Gasteiger partial charge >= 0.3 is 0 Å². The standard InChI is InChI=1S/C15H19FN2O2/c16-12-5-7-13(8-6-12)18-14(19)9-10-17-15(20)11-3-1-2-4-11/h5-8,11H,1-4,9-10H2,(H,17,20)(H,18,19). The second kappa shape index (κ2) is 7.03. The SMILES string of the molecule is O=C(CCNC(=O)C1CCCC1)Nc1ccc(F)cc1. The van der Waals surface area contributed by atoms with Gasteiger partial charge in [-0.2, -0.15) is 0 Å². The molecule has 2 N–H and O–H groups in total. The van der Waals surface area contributed by atoms with Crippen LogP contribution in [0.5, 0.6) is 0 Å². The van der Waals surface area contributed by atoms with Gasteiger partial charge in [-0.05, 0) is 37.1 Å². The maximum atomic E-state index is 12.7. The first-order chi connectivity index (χ1) is 9.65. The van der Waals surface area contributed by atoms with E-state index in [1.54, 1.807) is 0 Å². The minimum Gasteiger partial charge on any atom is -0.355 e. The average Bonchev–Trinajstić information content (AvgIpc) is 2.95. The predicted molar refractivity (Wildman–Crippen MR) is 74.6 cm³/mol. The van der Waals surface area contributed by atoms with Crippen LogP contribution in [0.25, 0.3) is 0 Å². The van der Waals surface area contributed by atoms with Crippen LogP contribution < -0.4 is 10.6 Å². The number of rotatable bonds is 5. The third-order valence-corrected chi connectivity index (χ3v) is 3.51. The Balaban J connectivity index is 1.67. The first-order valence-corrected chi connectivity index (χ1v) is 6.98. The van der Waals surface area contributed by atoms with Crippen LogP contribution in [0, 0.1) is 11.7 Å². The van der Waals surface area contributed by atoms with Crippen molar-refractivity contribution < 1.29 is 14.0 Å². The zero-order valence-electron chi connectivity index (χ0n) is 11.3. The molecule has 1 fully saturated rings. The van der Waals surface area contributed by atoms with Gasteiger partial charge in [0.25, 0.3) is 0 Å². The van der Waals surface area contributed by atoms with E-state index in [9.17, 15) is 14.0 Å². The lowest BCUT2D eigenvalue weighted by Gasteiger charge is -2.10. The number of hydrogen-bond acceptors (Lipinski definition) is 2. The Kier molecular flexibility index (Phi) is 5.09. The van der Waals surface area contributed by atoms with Gasteiger partial charge in [-0.25, -0.2) is 4.39 Å². The molecular formula is C15H19FN2O2. The van der Waals surface area contributed by atoms with Gasteiger partial charge in [-0.1, -0.05) is 12.8 Å². The number of carbonyl (C=O) groups excluding carboxylic acids is 2. The fourth-order valence-electron chi connectivity index (χ4n) is 2.39. The van der Waals surface area contributed by atoms with E-state index < -0.39 is 0 Å². The van der Waals surface area contributed by atoms with Gasteiger partial charge in [0.1, 0.15) is 5.82 Å². The van der Waals surface area contributed by atoms with Gasteiger partial charge in [0, 0.05) is 24.6 Å². The van der Waals surface area contributed by atoms with Crippen molar-refractivity contribution in [1.82, 2.24) is 5.32 Å². The van der Waals surface area contributed by atoms with E-state index in [0.29, 0.717) is 12.2 Å². The summed E-state index contributed by atoms with van der Waals surface area (Å²) in [6.07, 6.45) is 4.35. The zero-order valence-corrected chi connectivity index (χ0v) is 11.3. The monoisotopic (exact) mass is 278 g/mol. The molecule has 2 rings (SSSR count). The summed E-state index contributed by atoms with van der Waals surface area (Å²) in [6.45, 7) is 0.336. The lowest BCUT2D eigenvalue weighted by Crippen LogP contribution is -2.32. The molecule has 5 heteroatoms. The van der Waals surface area contributed by atoms with Gasteiger partial charge in [-0.3, -0.25) is 9.59 Å². The smallest absolute Gasteiger partial charge is 0.226 e. The van der Waals surface area contributed by atoms with Crippen LogP contribution in [0.1, 0.15) is 32.1 Å². The highest BCUT2D eigenvalue weighted by Gasteiger charge is 2.22. The Morgan fingerprint density at radius 2 is 1.80 bits per heavy atom. The number of anilines is 1. The Morgan fingerprint density at radius 3 is 2.45 bits per heavy atom. The summed E-state index contributed by atoms with van der Waals surface area (Å²) in [5.74, 6) is -0.359. The summed E-state index contributed by atoms with van der Waals surface area (Å²) in [6, 6.07) is 5.59. The van der Waals surface area contributed by atoms with E-state index in [1.165, 1.54) is 24.3 Å². The summed E-state index contributed by atoms with van der Waals surface area (Å²) >= 11 is 0.